The molecule has 100 valence electrons. The third-order valence-electron chi connectivity index (χ3n) is 3.17. The Balaban J connectivity index is 1.88. The highest BCUT2D eigenvalue weighted by molar-refractivity contribution is 7.90. The van der Waals surface area contributed by atoms with Crippen LogP contribution in [0.4, 0.5) is 0 Å². The van der Waals surface area contributed by atoms with Crippen molar-refractivity contribution in [2.24, 2.45) is 5.73 Å². The molecule has 0 aliphatic heterocycles. The molecule has 1 aliphatic rings. The summed E-state index contributed by atoms with van der Waals surface area (Å²) in [6.45, 7) is 0.428. The predicted molar refractivity (Wildman–Crippen MR) is 71.5 cm³/mol. The van der Waals surface area contributed by atoms with Crippen molar-refractivity contribution in [2.75, 3.05) is 18.6 Å². The fraction of sp³-hybridized carbons (Fsp3) is 0.538. The van der Waals surface area contributed by atoms with Crippen LogP contribution in [0.5, 0.6) is 5.75 Å². The Labute approximate surface area is 108 Å². The van der Waals surface area contributed by atoms with Crippen LogP contribution < -0.4 is 10.5 Å². The second-order valence-electron chi connectivity index (χ2n) is 4.84. The largest absolute Gasteiger partial charge is 0.494 e. The molecule has 2 N–H and O–H groups in total. The molecule has 0 radical (unpaired) electrons. The van der Waals surface area contributed by atoms with E-state index in [1.54, 1.807) is 0 Å². The van der Waals surface area contributed by atoms with Gasteiger partial charge in [-0.1, -0.05) is 6.07 Å². The van der Waals surface area contributed by atoms with E-state index in [9.17, 15) is 8.42 Å². The van der Waals surface area contributed by atoms with Gasteiger partial charge in [-0.3, -0.25) is 0 Å². The molecule has 0 heterocycles. The van der Waals surface area contributed by atoms with Gasteiger partial charge in [0.2, 0.25) is 0 Å². The minimum Gasteiger partial charge on any atom is -0.494 e. The molecule has 0 saturated heterocycles. The summed E-state index contributed by atoms with van der Waals surface area (Å²) in [7, 11) is -2.89. The SMILES string of the molecule is CS(=O)(=O)CCCOc1ccc2c(c1)CC[C@H]2N. The first-order valence-corrected chi connectivity index (χ1v) is 8.21. The average molecular weight is 269 g/mol. The molecule has 4 nitrogen and oxygen atoms in total. The van der Waals surface area contributed by atoms with E-state index in [0.29, 0.717) is 13.0 Å². The third kappa shape index (κ3) is 3.46. The molecule has 1 aliphatic carbocycles. The van der Waals surface area contributed by atoms with Crippen LogP contribution in [-0.4, -0.2) is 27.0 Å². The molecule has 1 atom stereocenters. The van der Waals surface area contributed by atoms with Gasteiger partial charge in [0, 0.05) is 12.3 Å². The fourth-order valence-electron chi connectivity index (χ4n) is 2.23. The Hall–Kier alpha value is -1.07. The molecule has 5 heteroatoms. The number of ether oxygens (including phenoxy) is 1. The fourth-order valence-corrected chi connectivity index (χ4v) is 2.87. The normalized spacial score (nSPS) is 18.7. The Morgan fingerprint density at radius 2 is 2.22 bits per heavy atom. The van der Waals surface area contributed by atoms with Gasteiger partial charge >= 0.3 is 0 Å². The van der Waals surface area contributed by atoms with Crippen LogP contribution in [0.1, 0.15) is 30.0 Å². The Morgan fingerprint density at radius 3 is 2.94 bits per heavy atom. The molecule has 0 amide bonds. The molecule has 1 aromatic rings. The quantitative estimate of drug-likeness (QED) is 0.821. The van der Waals surface area contributed by atoms with Crippen LogP contribution in [0.3, 0.4) is 0 Å². The maximum absolute atomic E-state index is 11.0. The second kappa shape index (κ2) is 5.28. The molecular formula is C13H19NO3S. The Kier molecular flexibility index (Phi) is 3.92. The van der Waals surface area contributed by atoms with Gasteiger partial charge in [-0.2, -0.15) is 0 Å². The number of aryl methyl sites for hydroxylation is 1. The number of hydrogen-bond acceptors (Lipinski definition) is 4. The van der Waals surface area contributed by atoms with E-state index in [0.717, 1.165) is 18.6 Å². The highest BCUT2D eigenvalue weighted by Crippen LogP contribution is 2.31. The van der Waals surface area contributed by atoms with E-state index >= 15 is 0 Å². The number of fused-ring (bicyclic) bond motifs is 1. The molecule has 0 bridgehead atoms. The summed E-state index contributed by atoms with van der Waals surface area (Å²) in [6, 6.07) is 6.09. The topological polar surface area (TPSA) is 69.4 Å². The van der Waals surface area contributed by atoms with Gasteiger partial charge in [-0.05, 0) is 42.5 Å². The summed E-state index contributed by atoms with van der Waals surface area (Å²) < 4.78 is 27.5. The van der Waals surface area contributed by atoms with Crippen molar-refractivity contribution >= 4 is 9.84 Å². The Morgan fingerprint density at radius 1 is 1.44 bits per heavy atom. The molecule has 1 aromatic carbocycles. The van der Waals surface area contributed by atoms with Crippen LogP contribution in [-0.2, 0) is 16.3 Å². The molecule has 0 aromatic heterocycles. The van der Waals surface area contributed by atoms with Crippen molar-refractivity contribution in [3.63, 3.8) is 0 Å². The minimum atomic E-state index is -2.89. The third-order valence-corrected chi connectivity index (χ3v) is 4.20. The van der Waals surface area contributed by atoms with E-state index in [1.165, 1.54) is 17.4 Å². The van der Waals surface area contributed by atoms with Crippen molar-refractivity contribution in [1.29, 1.82) is 0 Å². The Bertz CT molecular complexity index is 525. The number of benzene rings is 1. The summed E-state index contributed by atoms with van der Waals surface area (Å²) in [5.74, 6) is 0.972. The van der Waals surface area contributed by atoms with Crippen LogP contribution in [0.15, 0.2) is 18.2 Å². The molecule has 0 unspecified atom stereocenters. The molecule has 0 spiro atoms. The average Bonchev–Trinajstić information content (AvgIpc) is 2.65. The monoisotopic (exact) mass is 269 g/mol. The number of hydrogen-bond donors (Lipinski definition) is 1. The van der Waals surface area contributed by atoms with Gasteiger partial charge in [-0.25, -0.2) is 8.42 Å². The van der Waals surface area contributed by atoms with Crippen molar-refractivity contribution in [3.05, 3.63) is 29.3 Å². The van der Waals surface area contributed by atoms with E-state index in [1.807, 2.05) is 18.2 Å². The van der Waals surface area contributed by atoms with Crippen LogP contribution in [0.25, 0.3) is 0 Å². The summed E-state index contributed by atoms with van der Waals surface area (Å²) in [6.07, 6.45) is 3.75. The smallest absolute Gasteiger partial charge is 0.147 e. The maximum Gasteiger partial charge on any atom is 0.147 e. The number of rotatable bonds is 5. The van der Waals surface area contributed by atoms with E-state index in [4.69, 9.17) is 10.5 Å². The molecule has 0 saturated carbocycles. The highest BCUT2D eigenvalue weighted by Gasteiger charge is 2.18. The first-order valence-electron chi connectivity index (χ1n) is 6.14. The second-order valence-corrected chi connectivity index (χ2v) is 7.10. The lowest BCUT2D eigenvalue weighted by molar-refractivity contribution is 0.317. The van der Waals surface area contributed by atoms with Gasteiger partial charge in [0.05, 0.1) is 12.4 Å². The van der Waals surface area contributed by atoms with Crippen molar-refractivity contribution in [3.8, 4) is 5.75 Å². The maximum atomic E-state index is 11.0. The molecule has 18 heavy (non-hydrogen) atoms. The molecule has 2 rings (SSSR count). The van der Waals surface area contributed by atoms with Gasteiger partial charge < -0.3 is 10.5 Å². The van der Waals surface area contributed by atoms with Crippen molar-refractivity contribution in [2.45, 2.75) is 25.3 Å². The van der Waals surface area contributed by atoms with Crippen molar-refractivity contribution < 1.29 is 13.2 Å². The lowest BCUT2D eigenvalue weighted by Gasteiger charge is -2.09. The zero-order chi connectivity index (χ0) is 13.2. The summed E-state index contributed by atoms with van der Waals surface area (Å²) in [5, 5.41) is 0. The highest BCUT2D eigenvalue weighted by atomic mass is 32.2. The van der Waals surface area contributed by atoms with Crippen LogP contribution in [0.2, 0.25) is 0 Å². The summed E-state index contributed by atoms with van der Waals surface area (Å²) in [5.41, 5.74) is 8.42. The van der Waals surface area contributed by atoms with E-state index in [-0.39, 0.29) is 11.8 Å². The molecule has 0 fully saturated rings. The summed E-state index contributed by atoms with van der Waals surface area (Å²) in [4.78, 5) is 0. The minimum absolute atomic E-state index is 0.152. The van der Waals surface area contributed by atoms with Gasteiger partial charge in [0.1, 0.15) is 15.6 Å². The zero-order valence-corrected chi connectivity index (χ0v) is 11.4. The molecular weight excluding hydrogens is 250 g/mol. The number of nitrogens with two attached hydrogens (primary N) is 1. The predicted octanol–water partition coefficient (Wildman–Crippen LogP) is 1.45. The first kappa shape index (κ1) is 13.4. The van der Waals surface area contributed by atoms with Gasteiger partial charge in [0.25, 0.3) is 0 Å². The van der Waals surface area contributed by atoms with Gasteiger partial charge in [-0.15, -0.1) is 0 Å². The lowest BCUT2D eigenvalue weighted by atomic mass is 10.1. The first-order chi connectivity index (χ1) is 8.46. The van der Waals surface area contributed by atoms with Crippen LogP contribution in [0, 0.1) is 0 Å². The summed E-state index contributed by atoms with van der Waals surface area (Å²) >= 11 is 0. The van der Waals surface area contributed by atoms with Crippen molar-refractivity contribution in [1.82, 2.24) is 0 Å². The zero-order valence-electron chi connectivity index (χ0n) is 10.6. The van der Waals surface area contributed by atoms with E-state index in [2.05, 4.69) is 0 Å². The van der Waals surface area contributed by atoms with Gasteiger partial charge in [0.15, 0.2) is 0 Å². The standard InChI is InChI=1S/C13H19NO3S/c1-18(15,16)8-2-7-17-11-4-5-12-10(9-11)3-6-13(12)14/h4-5,9,13H,2-3,6-8,14H2,1H3/t13-/m1/s1. The van der Waals surface area contributed by atoms with Crippen LogP contribution >= 0.6 is 0 Å². The number of sulfone groups is 1. The van der Waals surface area contributed by atoms with E-state index < -0.39 is 9.84 Å². The lowest BCUT2D eigenvalue weighted by Crippen LogP contribution is -2.08.